The second-order valence-corrected chi connectivity index (χ2v) is 4.32. The van der Waals surface area contributed by atoms with E-state index in [9.17, 15) is 4.79 Å². The van der Waals surface area contributed by atoms with Gasteiger partial charge in [-0.25, -0.2) is 0 Å². The summed E-state index contributed by atoms with van der Waals surface area (Å²) in [6.45, 7) is 1.91. The summed E-state index contributed by atoms with van der Waals surface area (Å²) < 4.78 is 0. The van der Waals surface area contributed by atoms with Crippen LogP contribution in [0.25, 0.3) is 0 Å². The Hall–Kier alpha value is -1.22. The van der Waals surface area contributed by atoms with Gasteiger partial charge in [0.2, 0.25) is 0 Å². The van der Waals surface area contributed by atoms with Gasteiger partial charge in [0.15, 0.2) is 5.78 Å². The van der Waals surface area contributed by atoms with Crippen LogP contribution in [0.1, 0.15) is 35.3 Å². The Labute approximate surface area is 89.7 Å². The molecule has 3 nitrogen and oxygen atoms in total. The maximum atomic E-state index is 11.8. The van der Waals surface area contributed by atoms with Crippen LogP contribution in [0.15, 0.2) is 18.3 Å². The van der Waals surface area contributed by atoms with Gasteiger partial charge in [-0.2, -0.15) is 0 Å². The number of rotatable bonds is 4. The summed E-state index contributed by atoms with van der Waals surface area (Å²) in [7, 11) is 0. The molecule has 1 aliphatic rings. The lowest BCUT2D eigenvalue weighted by atomic mass is 10.0. The van der Waals surface area contributed by atoms with Crippen LogP contribution in [0.5, 0.6) is 0 Å². The molecule has 0 saturated heterocycles. The van der Waals surface area contributed by atoms with Crippen molar-refractivity contribution in [3.8, 4) is 0 Å². The molecule has 1 atom stereocenters. The molecule has 0 bridgehead atoms. The van der Waals surface area contributed by atoms with Crippen LogP contribution in [-0.4, -0.2) is 16.8 Å². The third-order valence-electron chi connectivity index (χ3n) is 2.88. The lowest BCUT2D eigenvalue weighted by Gasteiger charge is -2.08. The van der Waals surface area contributed by atoms with Crippen LogP contribution >= 0.6 is 0 Å². The molecule has 2 rings (SSSR count). The fraction of sp³-hybridized carbons (Fsp3) is 0.500. The Bertz CT molecular complexity index is 354. The number of Topliss-reactive ketones (excluding diaryl/α,β-unsaturated/α-hetero) is 1. The number of ketones is 1. The van der Waals surface area contributed by atoms with E-state index in [1.807, 2.05) is 19.1 Å². The molecule has 1 aromatic heterocycles. The molecule has 1 aromatic rings. The van der Waals surface area contributed by atoms with E-state index in [-0.39, 0.29) is 11.8 Å². The molecular formula is C12H16N2O. The van der Waals surface area contributed by atoms with Crippen LogP contribution in [0.3, 0.4) is 0 Å². The summed E-state index contributed by atoms with van der Waals surface area (Å²) in [6.07, 6.45) is 4.45. The third-order valence-corrected chi connectivity index (χ3v) is 2.88. The van der Waals surface area contributed by atoms with E-state index in [4.69, 9.17) is 5.73 Å². The SMILES string of the molecule is Cc1ccc(C(=O)CC(N)C2CC2)cn1. The van der Waals surface area contributed by atoms with E-state index in [1.165, 1.54) is 12.8 Å². The number of carbonyl (C=O) groups excluding carboxylic acids is 1. The molecule has 1 aliphatic carbocycles. The highest BCUT2D eigenvalue weighted by Crippen LogP contribution is 2.33. The number of hydrogen-bond donors (Lipinski definition) is 1. The van der Waals surface area contributed by atoms with Crippen molar-refractivity contribution in [2.45, 2.75) is 32.2 Å². The number of hydrogen-bond acceptors (Lipinski definition) is 3. The third kappa shape index (κ3) is 2.63. The lowest BCUT2D eigenvalue weighted by Crippen LogP contribution is -2.26. The molecule has 0 aliphatic heterocycles. The van der Waals surface area contributed by atoms with Crippen LogP contribution < -0.4 is 5.73 Å². The first-order valence-corrected chi connectivity index (χ1v) is 5.38. The predicted molar refractivity (Wildman–Crippen MR) is 58.6 cm³/mol. The Morgan fingerprint density at radius 3 is 2.87 bits per heavy atom. The summed E-state index contributed by atoms with van der Waals surface area (Å²) >= 11 is 0. The maximum Gasteiger partial charge on any atom is 0.165 e. The average molecular weight is 204 g/mol. The molecule has 0 spiro atoms. The first-order valence-electron chi connectivity index (χ1n) is 5.38. The van der Waals surface area contributed by atoms with E-state index >= 15 is 0 Å². The minimum absolute atomic E-state index is 0.0406. The smallest absolute Gasteiger partial charge is 0.165 e. The first-order chi connectivity index (χ1) is 7.16. The molecule has 0 radical (unpaired) electrons. The second-order valence-electron chi connectivity index (χ2n) is 4.32. The van der Waals surface area contributed by atoms with Gasteiger partial charge in [0, 0.05) is 29.9 Å². The van der Waals surface area contributed by atoms with Crippen molar-refractivity contribution in [2.24, 2.45) is 11.7 Å². The number of carbonyl (C=O) groups is 1. The topological polar surface area (TPSA) is 56.0 Å². The van der Waals surface area contributed by atoms with Gasteiger partial charge in [0.25, 0.3) is 0 Å². The van der Waals surface area contributed by atoms with Gasteiger partial charge in [0.1, 0.15) is 0 Å². The normalized spacial score (nSPS) is 17.5. The Morgan fingerprint density at radius 1 is 1.60 bits per heavy atom. The van der Waals surface area contributed by atoms with Crippen LogP contribution in [0.4, 0.5) is 0 Å². The molecule has 0 amide bonds. The van der Waals surface area contributed by atoms with Crippen molar-refractivity contribution >= 4 is 5.78 Å². The molecule has 15 heavy (non-hydrogen) atoms. The quantitative estimate of drug-likeness (QED) is 0.759. The van der Waals surface area contributed by atoms with Gasteiger partial charge < -0.3 is 5.73 Å². The fourth-order valence-electron chi connectivity index (χ4n) is 1.66. The van der Waals surface area contributed by atoms with Crippen molar-refractivity contribution < 1.29 is 4.79 Å². The summed E-state index contributed by atoms with van der Waals surface area (Å²) in [5, 5.41) is 0. The number of nitrogens with zero attached hydrogens (tertiary/aromatic N) is 1. The fourth-order valence-corrected chi connectivity index (χ4v) is 1.66. The number of aryl methyl sites for hydroxylation is 1. The Balaban J connectivity index is 1.97. The van der Waals surface area contributed by atoms with E-state index in [0.29, 0.717) is 17.9 Å². The van der Waals surface area contributed by atoms with Crippen molar-refractivity contribution in [1.29, 1.82) is 0 Å². The molecular weight excluding hydrogens is 188 g/mol. The van der Waals surface area contributed by atoms with Crippen LogP contribution in [0.2, 0.25) is 0 Å². The molecule has 0 aromatic carbocycles. The summed E-state index contributed by atoms with van der Waals surface area (Å²) in [5.41, 5.74) is 7.51. The summed E-state index contributed by atoms with van der Waals surface area (Å²) in [5.74, 6) is 0.689. The molecule has 3 heteroatoms. The average Bonchev–Trinajstić information content (AvgIpc) is 3.01. The number of aromatic nitrogens is 1. The van der Waals surface area contributed by atoms with Crippen molar-refractivity contribution in [3.05, 3.63) is 29.6 Å². The minimum atomic E-state index is 0.0406. The van der Waals surface area contributed by atoms with E-state index in [0.717, 1.165) is 5.69 Å². The predicted octanol–water partition coefficient (Wildman–Crippen LogP) is 1.70. The summed E-state index contributed by atoms with van der Waals surface area (Å²) in [4.78, 5) is 15.9. The van der Waals surface area contributed by atoms with Gasteiger partial charge in [-0.05, 0) is 37.8 Å². The molecule has 80 valence electrons. The van der Waals surface area contributed by atoms with Gasteiger partial charge >= 0.3 is 0 Å². The number of pyridine rings is 1. The van der Waals surface area contributed by atoms with E-state index < -0.39 is 0 Å². The molecule has 1 fully saturated rings. The molecule has 1 saturated carbocycles. The first kappa shape index (κ1) is 10.3. The molecule has 2 N–H and O–H groups in total. The highest BCUT2D eigenvalue weighted by Gasteiger charge is 2.29. The lowest BCUT2D eigenvalue weighted by molar-refractivity contribution is 0.0971. The maximum absolute atomic E-state index is 11.8. The Kier molecular flexibility index (Phi) is 2.82. The number of nitrogens with two attached hydrogens (primary N) is 1. The van der Waals surface area contributed by atoms with Gasteiger partial charge in [0.05, 0.1) is 0 Å². The largest absolute Gasteiger partial charge is 0.327 e. The van der Waals surface area contributed by atoms with E-state index in [2.05, 4.69) is 4.98 Å². The zero-order chi connectivity index (χ0) is 10.8. The molecule has 1 heterocycles. The standard InChI is InChI=1S/C12H16N2O/c1-8-2-3-10(7-14-8)12(15)6-11(13)9-4-5-9/h2-3,7,9,11H,4-6,13H2,1H3. The van der Waals surface area contributed by atoms with Crippen molar-refractivity contribution in [2.75, 3.05) is 0 Å². The van der Waals surface area contributed by atoms with Crippen LogP contribution in [0, 0.1) is 12.8 Å². The van der Waals surface area contributed by atoms with Gasteiger partial charge in [-0.3, -0.25) is 9.78 Å². The second kappa shape index (κ2) is 4.11. The van der Waals surface area contributed by atoms with Gasteiger partial charge in [-0.1, -0.05) is 0 Å². The van der Waals surface area contributed by atoms with Crippen molar-refractivity contribution in [1.82, 2.24) is 4.98 Å². The van der Waals surface area contributed by atoms with Crippen LogP contribution in [-0.2, 0) is 0 Å². The zero-order valence-corrected chi connectivity index (χ0v) is 8.94. The Morgan fingerprint density at radius 2 is 2.33 bits per heavy atom. The van der Waals surface area contributed by atoms with Crippen molar-refractivity contribution in [3.63, 3.8) is 0 Å². The van der Waals surface area contributed by atoms with Gasteiger partial charge in [-0.15, -0.1) is 0 Å². The minimum Gasteiger partial charge on any atom is -0.327 e. The monoisotopic (exact) mass is 204 g/mol. The summed E-state index contributed by atoms with van der Waals surface area (Å²) in [6, 6.07) is 3.72. The zero-order valence-electron chi connectivity index (χ0n) is 8.94. The highest BCUT2D eigenvalue weighted by atomic mass is 16.1. The highest BCUT2D eigenvalue weighted by molar-refractivity contribution is 5.96. The van der Waals surface area contributed by atoms with E-state index in [1.54, 1.807) is 6.20 Å². The molecule has 1 unspecified atom stereocenters.